The second-order valence-corrected chi connectivity index (χ2v) is 8.18. The predicted octanol–water partition coefficient (Wildman–Crippen LogP) is 4.20. The summed E-state index contributed by atoms with van der Waals surface area (Å²) in [6.45, 7) is 1.64. The molecule has 3 heterocycles. The zero-order valence-corrected chi connectivity index (χ0v) is 18.4. The summed E-state index contributed by atoms with van der Waals surface area (Å²) in [5.74, 6) is 1.33. The van der Waals surface area contributed by atoms with Gasteiger partial charge in [0.15, 0.2) is 17.2 Å². The van der Waals surface area contributed by atoms with Gasteiger partial charge in [0.05, 0.1) is 5.69 Å². The summed E-state index contributed by atoms with van der Waals surface area (Å²) >= 11 is 4.95. The number of anilines is 1. The van der Waals surface area contributed by atoms with Crippen LogP contribution in [0.2, 0.25) is 0 Å². The van der Waals surface area contributed by atoms with E-state index >= 15 is 0 Å². The topological polar surface area (TPSA) is 86.7 Å². The number of hydrogen-bond donors (Lipinski definition) is 0. The molecule has 0 aliphatic carbocycles. The lowest BCUT2D eigenvalue weighted by Gasteiger charge is -2.30. The maximum Gasteiger partial charge on any atom is 0.247 e. The Kier molecular flexibility index (Phi) is 4.75. The van der Waals surface area contributed by atoms with Gasteiger partial charge in [0.1, 0.15) is 0 Å². The van der Waals surface area contributed by atoms with Crippen molar-refractivity contribution < 1.29 is 19.0 Å². The highest BCUT2D eigenvalue weighted by molar-refractivity contribution is 9.10. The molecule has 5 rings (SSSR count). The van der Waals surface area contributed by atoms with Crippen LogP contribution in [0.15, 0.2) is 46.0 Å². The second-order valence-electron chi connectivity index (χ2n) is 6.56. The molecule has 0 saturated heterocycles. The molecule has 8 nitrogen and oxygen atoms in total. The van der Waals surface area contributed by atoms with Crippen molar-refractivity contribution in [2.45, 2.75) is 18.3 Å². The van der Waals surface area contributed by atoms with Crippen molar-refractivity contribution in [3.05, 3.63) is 46.4 Å². The lowest BCUT2D eigenvalue weighted by Crippen LogP contribution is -2.36. The van der Waals surface area contributed by atoms with Crippen LogP contribution in [0.5, 0.6) is 17.4 Å². The molecule has 2 aliphatic rings. The van der Waals surface area contributed by atoms with Gasteiger partial charge in [0.25, 0.3) is 0 Å². The number of amides is 1. The maximum absolute atomic E-state index is 12.8. The molecule has 0 saturated carbocycles. The highest BCUT2D eigenvalue weighted by Gasteiger charge is 2.36. The summed E-state index contributed by atoms with van der Waals surface area (Å²) in [5.41, 5.74) is 2.55. The minimum absolute atomic E-state index is 0.146. The van der Waals surface area contributed by atoms with Crippen LogP contribution in [-0.2, 0) is 4.79 Å². The van der Waals surface area contributed by atoms with Crippen LogP contribution in [-0.4, -0.2) is 34.1 Å². The van der Waals surface area contributed by atoms with E-state index in [0.29, 0.717) is 39.5 Å². The molecule has 2 aliphatic heterocycles. The van der Waals surface area contributed by atoms with Crippen LogP contribution in [0.4, 0.5) is 5.69 Å². The molecule has 3 aromatic rings. The Bertz CT molecular complexity index is 1180. The van der Waals surface area contributed by atoms with Crippen LogP contribution in [0.3, 0.4) is 0 Å². The summed E-state index contributed by atoms with van der Waals surface area (Å²) in [4.78, 5) is 18.9. The van der Waals surface area contributed by atoms with Crippen LogP contribution < -0.4 is 19.1 Å². The molecule has 152 valence electrons. The van der Waals surface area contributed by atoms with Crippen LogP contribution in [0.25, 0.3) is 11.3 Å². The zero-order chi connectivity index (χ0) is 20.8. The van der Waals surface area contributed by atoms with Crippen molar-refractivity contribution in [3.8, 4) is 28.6 Å². The number of nitrogens with zero attached hydrogens (tertiary/aromatic N) is 4. The third kappa shape index (κ3) is 3.07. The van der Waals surface area contributed by atoms with Crippen molar-refractivity contribution in [1.82, 2.24) is 15.2 Å². The SMILES string of the molecule is CSc1nnc2c(n1)O[C@H](c1cc3c(cc1Br)OCO3)N(C(C)=O)c1ccccc1-2. The lowest BCUT2D eigenvalue weighted by atomic mass is 10.1. The molecule has 30 heavy (non-hydrogen) atoms. The van der Waals surface area contributed by atoms with Crippen molar-refractivity contribution in [2.75, 3.05) is 17.9 Å². The molecular formula is C20H15BrN4O4S. The number of thioether (sulfide) groups is 1. The zero-order valence-electron chi connectivity index (χ0n) is 16.0. The second kappa shape index (κ2) is 7.44. The largest absolute Gasteiger partial charge is 0.454 e. The lowest BCUT2D eigenvalue weighted by molar-refractivity contribution is -0.118. The van der Waals surface area contributed by atoms with E-state index in [1.807, 2.05) is 42.7 Å². The molecule has 1 atom stereocenters. The van der Waals surface area contributed by atoms with Gasteiger partial charge >= 0.3 is 0 Å². The summed E-state index contributed by atoms with van der Waals surface area (Å²) in [5, 5.41) is 8.97. The summed E-state index contributed by atoms with van der Waals surface area (Å²) < 4.78 is 18.1. The quantitative estimate of drug-likeness (QED) is 0.498. The van der Waals surface area contributed by atoms with Crippen molar-refractivity contribution in [1.29, 1.82) is 0 Å². The van der Waals surface area contributed by atoms with E-state index in [0.717, 1.165) is 10.0 Å². The first-order valence-electron chi connectivity index (χ1n) is 9.00. The highest BCUT2D eigenvalue weighted by Crippen LogP contribution is 2.46. The molecule has 0 spiro atoms. The Morgan fingerprint density at radius 2 is 1.97 bits per heavy atom. The first kappa shape index (κ1) is 19.1. The molecule has 10 heteroatoms. The first-order valence-corrected chi connectivity index (χ1v) is 11.0. The van der Waals surface area contributed by atoms with Gasteiger partial charge in [0, 0.05) is 22.5 Å². The number of rotatable bonds is 2. The van der Waals surface area contributed by atoms with Gasteiger partial charge < -0.3 is 14.2 Å². The molecule has 0 N–H and O–H groups in total. The van der Waals surface area contributed by atoms with Gasteiger partial charge in [-0.3, -0.25) is 9.69 Å². The Morgan fingerprint density at radius 3 is 2.73 bits per heavy atom. The van der Waals surface area contributed by atoms with Crippen molar-refractivity contribution in [3.63, 3.8) is 0 Å². The molecule has 2 aromatic carbocycles. The van der Waals surface area contributed by atoms with Crippen LogP contribution in [0, 0.1) is 0 Å². The molecule has 0 bridgehead atoms. The molecular weight excluding hydrogens is 472 g/mol. The fourth-order valence-corrected chi connectivity index (χ4v) is 4.28. The normalized spacial score (nSPS) is 16.4. The van der Waals surface area contributed by atoms with E-state index < -0.39 is 6.23 Å². The number of halogens is 1. The molecule has 0 radical (unpaired) electrons. The molecule has 0 unspecified atom stereocenters. The van der Waals surface area contributed by atoms with E-state index in [-0.39, 0.29) is 12.7 Å². The molecule has 0 fully saturated rings. The Labute approximate surface area is 184 Å². The van der Waals surface area contributed by atoms with Crippen molar-refractivity contribution in [2.24, 2.45) is 0 Å². The van der Waals surface area contributed by atoms with Crippen molar-refractivity contribution >= 4 is 39.3 Å². The smallest absolute Gasteiger partial charge is 0.247 e. The van der Waals surface area contributed by atoms with Gasteiger partial charge in [-0.05, 0) is 24.5 Å². The van der Waals surface area contributed by atoms with Gasteiger partial charge in [-0.15, -0.1) is 10.2 Å². The minimum atomic E-state index is -0.805. The molecule has 1 aromatic heterocycles. The van der Waals surface area contributed by atoms with E-state index in [1.54, 1.807) is 4.90 Å². The number of benzene rings is 2. The van der Waals surface area contributed by atoms with Crippen LogP contribution in [0.1, 0.15) is 18.7 Å². The fraction of sp³-hybridized carbons (Fsp3) is 0.200. The number of carbonyl (C=O) groups excluding carboxylic acids is 1. The van der Waals surface area contributed by atoms with Crippen LogP contribution >= 0.6 is 27.7 Å². The van der Waals surface area contributed by atoms with Gasteiger partial charge in [-0.1, -0.05) is 45.9 Å². The maximum atomic E-state index is 12.8. The van der Waals surface area contributed by atoms with Gasteiger partial charge in [-0.25, -0.2) is 0 Å². The Hall–Kier alpha value is -2.85. The number of ether oxygens (including phenoxy) is 3. The summed E-state index contributed by atoms with van der Waals surface area (Å²) in [6, 6.07) is 11.1. The Morgan fingerprint density at radius 1 is 1.20 bits per heavy atom. The number of para-hydroxylation sites is 1. The van der Waals surface area contributed by atoms with E-state index in [9.17, 15) is 4.79 Å². The fourth-order valence-electron chi connectivity index (χ4n) is 3.46. The summed E-state index contributed by atoms with van der Waals surface area (Å²) in [7, 11) is 0. The average Bonchev–Trinajstić information content (AvgIpc) is 3.14. The van der Waals surface area contributed by atoms with E-state index in [2.05, 4.69) is 31.1 Å². The third-order valence-electron chi connectivity index (χ3n) is 4.79. The number of hydrogen-bond acceptors (Lipinski definition) is 8. The standard InChI is InChI=1S/C20H15BrN4O4S/c1-10(26)25-14-6-4-3-5-11(14)17-18(22-20(30-2)24-23-17)29-19(25)12-7-15-16(8-13(12)21)28-9-27-15/h3-8,19H,9H2,1-2H3/t19-/m1/s1. The predicted molar refractivity (Wildman–Crippen MR) is 114 cm³/mol. The van der Waals surface area contributed by atoms with E-state index in [1.165, 1.54) is 18.7 Å². The Balaban J connectivity index is 1.75. The monoisotopic (exact) mass is 486 g/mol. The number of fused-ring (bicyclic) bond motifs is 4. The average molecular weight is 487 g/mol. The number of aromatic nitrogens is 3. The van der Waals surface area contributed by atoms with E-state index in [4.69, 9.17) is 14.2 Å². The van der Waals surface area contributed by atoms with Gasteiger partial charge in [0.2, 0.25) is 30.0 Å². The minimum Gasteiger partial charge on any atom is -0.454 e. The third-order valence-corrected chi connectivity index (χ3v) is 6.02. The number of carbonyl (C=O) groups is 1. The highest BCUT2D eigenvalue weighted by atomic mass is 79.9. The first-order chi connectivity index (χ1) is 14.6. The summed E-state index contributed by atoms with van der Waals surface area (Å²) in [6.07, 6.45) is 1.06. The molecule has 1 amide bonds. The van der Waals surface area contributed by atoms with Gasteiger partial charge in [-0.2, -0.15) is 4.98 Å².